The lowest BCUT2D eigenvalue weighted by molar-refractivity contribution is -0.146. The zero-order valence-corrected chi connectivity index (χ0v) is 13.7. The molecule has 4 aliphatic carbocycles. The molecule has 0 amide bonds. The second-order valence-corrected chi connectivity index (χ2v) is 7.92. The minimum atomic E-state index is 0.0162. The molecule has 0 aromatic carbocycles. The average molecular weight is 314 g/mol. The van der Waals surface area contributed by atoms with Gasteiger partial charge in [0, 0.05) is 6.20 Å². The summed E-state index contributed by atoms with van der Waals surface area (Å²) in [5, 5.41) is 2.00. The maximum absolute atomic E-state index is 6.10. The van der Waals surface area contributed by atoms with Crippen LogP contribution >= 0.6 is 0 Å². The van der Waals surface area contributed by atoms with E-state index in [0.29, 0.717) is 5.92 Å². The van der Waals surface area contributed by atoms with Crippen LogP contribution in [0.1, 0.15) is 56.1 Å². The highest BCUT2D eigenvalue weighted by atomic mass is 16.7. The van der Waals surface area contributed by atoms with Crippen LogP contribution in [-0.2, 0) is 17.7 Å². The smallest absolute Gasteiger partial charge is 0.141 e. The molecule has 3 saturated carbocycles. The second-order valence-electron chi connectivity index (χ2n) is 7.92. The number of nitrogens with one attached hydrogen (secondary N) is 2. The topological polar surface area (TPSA) is 49.4 Å². The normalized spacial score (nSPS) is 36.3. The Balaban J connectivity index is 1.29. The van der Waals surface area contributed by atoms with Crippen molar-refractivity contribution in [2.45, 2.75) is 63.4 Å². The average Bonchev–Trinajstić information content (AvgIpc) is 2.98. The van der Waals surface area contributed by atoms with E-state index in [2.05, 4.69) is 22.1 Å². The lowest BCUT2D eigenvalue weighted by Gasteiger charge is -2.47. The van der Waals surface area contributed by atoms with E-state index in [1.807, 2.05) is 11.3 Å². The molecule has 2 heterocycles. The fourth-order valence-electron chi connectivity index (χ4n) is 5.22. The molecule has 2 bridgehead atoms. The Hall–Kier alpha value is -1.17. The minimum absolute atomic E-state index is 0.0162. The standard InChI is InChI=1S/C18H26N4O/c1-2-4-15-11-19-17(9-14(15)3-1)20-22-12-18(23-21-22)10-13-5-7-16(18)8-6-13/h9,11,13,16,21H,1-8,10,12H2,(H,19,20). The number of hydrazine groups is 2. The van der Waals surface area contributed by atoms with Crippen LogP contribution in [-0.4, -0.2) is 22.2 Å². The number of aryl methyl sites for hydroxylation is 2. The van der Waals surface area contributed by atoms with Crippen molar-refractivity contribution >= 4 is 5.82 Å². The predicted octanol–water partition coefficient (Wildman–Crippen LogP) is 2.99. The molecule has 1 saturated heterocycles. The molecule has 1 aromatic rings. The molecule has 5 heteroatoms. The summed E-state index contributed by atoms with van der Waals surface area (Å²) < 4.78 is 0. The van der Waals surface area contributed by atoms with Gasteiger partial charge in [-0.2, -0.15) is 0 Å². The molecule has 2 N–H and O–H groups in total. The number of pyridine rings is 1. The van der Waals surface area contributed by atoms with E-state index < -0.39 is 0 Å². The zero-order valence-electron chi connectivity index (χ0n) is 13.7. The monoisotopic (exact) mass is 314 g/mol. The molecular weight excluding hydrogens is 288 g/mol. The minimum Gasteiger partial charge on any atom is -0.288 e. The first-order chi connectivity index (χ1) is 11.3. The Morgan fingerprint density at radius 3 is 2.78 bits per heavy atom. The predicted molar refractivity (Wildman–Crippen MR) is 88.2 cm³/mol. The van der Waals surface area contributed by atoms with Crippen molar-refractivity contribution in [3.8, 4) is 0 Å². The Kier molecular flexibility index (Phi) is 3.35. The molecule has 1 aromatic heterocycles. The van der Waals surface area contributed by atoms with E-state index in [1.54, 1.807) is 0 Å². The summed E-state index contributed by atoms with van der Waals surface area (Å²) in [6.45, 7) is 0.910. The molecule has 4 fully saturated rings. The van der Waals surface area contributed by atoms with Gasteiger partial charge in [-0.25, -0.2) is 4.98 Å². The Bertz CT molecular complexity index is 599. The summed E-state index contributed by atoms with van der Waals surface area (Å²) >= 11 is 0. The molecule has 124 valence electrons. The number of anilines is 1. The van der Waals surface area contributed by atoms with Crippen molar-refractivity contribution in [1.82, 2.24) is 15.7 Å². The molecule has 1 spiro atoms. The lowest BCUT2D eigenvalue weighted by atomic mass is 9.62. The van der Waals surface area contributed by atoms with E-state index in [-0.39, 0.29) is 5.60 Å². The van der Waals surface area contributed by atoms with Crippen molar-refractivity contribution in [3.63, 3.8) is 0 Å². The largest absolute Gasteiger partial charge is 0.288 e. The first-order valence-electron chi connectivity index (χ1n) is 9.26. The fraction of sp³-hybridized carbons (Fsp3) is 0.722. The van der Waals surface area contributed by atoms with Gasteiger partial charge in [-0.15, -0.1) is 10.7 Å². The van der Waals surface area contributed by atoms with E-state index in [1.165, 1.54) is 68.9 Å². The lowest BCUT2D eigenvalue weighted by Crippen LogP contribution is -2.50. The molecule has 6 rings (SSSR count). The van der Waals surface area contributed by atoms with Gasteiger partial charge >= 0.3 is 0 Å². The summed E-state index contributed by atoms with van der Waals surface area (Å²) in [5.74, 6) is 2.51. The number of hydrogen-bond acceptors (Lipinski definition) is 5. The molecule has 0 radical (unpaired) electrons. The second kappa shape index (κ2) is 5.43. The van der Waals surface area contributed by atoms with Gasteiger partial charge in [0.1, 0.15) is 11.4 Å². The van der Waals surface area contributed by atoms with Gasteiger partial charge in [0.15, 0.2) is 0 Å². The van der Waals surface area contributed by atoms with E-state index in [4.69, 9.17) is 4.84 Å². The third kappa shape index (κ3) is 2.46. The van der Waals surface area contributed by atoms with Crippen molar-refractivity contribution in [3.05, 3.63) is 23.4 Å². The van der Waals surface area contributed by atoms with Crippen molar-refractivity contribution < 1.29 is 4.84 Å². The van der Waals surface area contributed by atoms with Gasteiger partial charge < -0.3 is 0 Å². The highest BCUT2D eigenvalue weighted by Gasteiger charge is 2.53. The molecule has 5 nitrogen and oxygen atoms in total. The molecule has 1 aliphatic heterocycles. The number of fused-ring (bicyclic) bond motifs is 3. The molecule has 5 aliphatic rings. The van der Waals surface area contributed by atoms with E-state index >= 15 is 0 Å². The SMILES string of the molecule is c1nc(NN2CC3(CC4CCC3CC4)ON2)cc2c1CCCC2. The third-order valence-corrected chi connectivity index (χ3v) is 6.48. The maximum Gasteiger partial charge on any atom is 0.141 e. The maximum atomic E-state index is 6.10. The zero-order chi connectivity index (χ0) is 15.3. The van der Waals surface area contributed by atoms with Crippen LogP contribution in [0.4, 0.5) is 5.82 Å². The van der Waals surface area contributed by atoms with Gasteiger partial charge in [0.25, 0.3) is 0 Å². The highest BCUT2D eigenvalue weighted by molar-refractivity contribution is 5.41. The Labute approximate surface area is 137 Å². The summed E-state index contributed by atoms with van der Waals surface area (Å²) in [4.78, 5) is 10.7. The third-order valence-electron chi connectivity index (χ3n) is 6.48. The summed E-state index contributed by atoms with van der Waals surface area (Å²) in [5.41, 5.74) is 9.42. The van der Waals surface area contributed by atoms with Crippen LogP contribution in [0.15, 0.2) is 12.3 Å². The van der Waals surface area contributed by atoms with Crippen LogP contribution in [0.5, 0.6) is 0 Å². The van der Waals surface area contributed by atoms with Crippen LogP contribution < -0.4 is 11.0 Å². The molecular formula is C18H26N4O. The van der Waals surface area contributed by atoms with Gasteiger partial charge in [0.05, 0.1) is 6.54 Å². The van der Waals surface area contributed by atoms with Crippen LogP contribution in [0.2, 0.25) is 0 Å². The number of hydrogen-bond donors (Lipinski definition) is 2. The van der Waals surface area contributed by atoms with Gasteiger partial charge in [-0.3, -0.25) is 10.3 Å². The van der Waals surface area contributed by atoms with E-state index in [0.717, 1.165) is 18.3 Å². The summed E-state index contributed by atoms with van der Waals surface area (Å²) in [7, 11) is 0. The first-order valence-corrected chi connectivity index (χ1v) is 9.26. The summed E-state index contributed by atoms with van der Waals surface area (Å²) in [6.07, 6.45) is 13.7. The summed E-state index contributed by atoms with van der Waals surface area (Å²) in [6, 6.07) is 2.22. The number of nitrogens with zero attached hydrogens (tertiary/aromatic N) is 2. The molecule has 23 heavy (non-hydrogen) atoms. The van der Waals surface area contributed by atoms with E-state index in [9.17, 15) is 0 Å². The fourth-order valence-corrected chi connectivity index (χ4v) is 5.22. The van der Waals surface area contributed by atoms with Gasteiger partial charge in [-0.1, -0.05) is 0 Å². The number of aromatic nitrogens is 1. The van der Waals surface area contributed by atoms with Crippen LogP contribution in [0.3, 0.4) is 0 Å². The Morgan fingerprint density at radius 2 is 2.00 bits per heavy atom. The molecule has 1 unspecified atom stereocenters. The number of rotatable bonds is 2. The van der Waals surface area contributed by atoms with Crippen LogP contribution in [0.25, 0.3) is 0 Å². The highest BCUT2D eigenvalue weighted by Crippen LogP contribution is 2.50. The van der Waals surface area contributed by atoms with Crippen molar-refractivity contribution in [1.29, 1.82) is 0 Å². The quantitative estimate of drug-likeness (QED) is 0.879. The first kappa shape index (κ1) is 14.2. The van der Waals surface area contributed by atoms with Gasteiger partial charge in [-0.05, 0) is 86.8 Å². The van der Waals surface area contributed by atoms with Crippen molar-refractivity contribution in [2.24, 2.45) is 11.8 Å². The Morgan fingerprint density at radius 1 is 1.17 bits per heavy atom. The van der Waals surface area contributed by atoms with Crippen LogP contribution in [0, 0.1) is 11.8 Å². The molecule has 1 atom stereocenters. The van der Waals surface area contributed by atoms with Crippen molar-refractivity contribution in [2.75, 3.05) is 12.0 Å². The van der Waals surface area contributed by atoms with Gasteiger partial charge in [0.2, 0.25) is 0 Å².